The van der Waals surface area contributed by atoms with E-state index in [1.54, 1.807) is 0 Å². The molecular weight excluding hydrogens is 198 g/mol. The Bertz CT molecular complexity index is 506. The number of aromatic nitrogens is 1. The molecule has 1 aromatic carbocycles. The molecule has 3 N–H and O–H groups in total. The number of anilines is 1. The zero-order valence-corrected chi connectivity index (χ0v) is 9.75. The van der Waals surface area contributed by atoms with E-state index < -0.39 is 0 Å². The minimum absolute atomic E-state index is 0.792. The van der Waals surface area contributed by atoms with Crippen LogP contribution in [0.3, 0.4) is 0 Å². The highest BCUT2D eigenvalue weighted by Crippen LogP contribution is 2.21. The third-order valence-electron chi connectivity index (χ3n) is 2.71. The van der Waals surface area contributed by atoms with Gasteiger partial charge in [0.25, 0.3) is 0 Å². The predicted octanol–water partition coefficient (Wildman–Crippen LogP) is 2.78. The first-order valence-electron chi connectivity index (χ1n) is 5.61. The normalized spacial score (nSPS) is 10.7. The van der Waals surface area contributed by atoms with Crippen LogP contribution in [-0.2, 0) is 6.42 Å². The Balaban J connectivity index is 2.60. The van der Waals surface area contributed by atoms with Crippen LogP contribution in [0.4, 0.5) is 5.82 Å². The Morgan fingerprint density at radius 3 is 2.81 bits per heavy atom. The van der Waals surface area contributed by atoms with Gasteiger partial charge < -0.3 is 5.43 Å². The maximum Gasteiger partial charge on any atom is 0.143 e. The molecule has 0 spiro atoms. The van der Waals surface area contributed by atoms with Gasteiger partial charge in [0.2, 0.25) is 0 Å². The molecule has 0 saturated heterocycles. The number of hydrogen-bond donors (Lipinski definition) is 2. The minimum Gasteiger partial charge on any atom is -0.308 e. The van der Waals surface area contributed by atoms with Gasteiger partial charge in [-0.2, -0.15) is 0 Å². The van der Waals surface area contributed by atoms with Gasteiger partial charge >= 0.3 is 0 Å². The predicted molar refractivity (Wildman–Crippen MR) is 68.3 cm³/mol. The summed E-state index contributed by atoms with van der Waals surface area (Å²) in [5.74, 6) is 6.29. The van der Waals surface area contributed by atoms with E-state index in [1.807, 2.05) is 0 Å². The van der Waals surface area contributed by atoms with Crippen molar-refractivity contribution in [2.45, 2.75) is 26.7 Å². The number of pyridine rings is 1. The Morgan fingerprint density at radius 2 is 2.12 bits per heavy atom. The van der Waals surface area contributed by atoms with Gasteiger partial charge in [-0.05, 0) is 36.6 Å². The lowest BCUT2D eigenvalue weighted by Gasteiger charge is -2.09. The largest absolute Gasteiger partial charge is 0.308 e. The Hall–Kier alpha value is -1.61. The lowest BCUT2D eigenvalue weighted by molar-refractivity contribution is 0.917. The number of nitrogens with two attached hydrogens (primary N) is 1. The number of nitrogens with zero attached hydrogens (tertiary/aromatic N) is 1. The highest BCUT2D eigenvalue weighted by atomic mass is 15.2. The summed E-state index contributed by atoms with van der Waals surface area (Å²) in [6.45, 7) is 4.22. The molecule has 0 bridgehead atoms. The van der Waals surface area contributed by atoms with Gasteiger partial charge in [0, 0.05) is 5.39 Å². The smallest absolute Gasteiger partial charge is 0.143 e. The van der Waals surface area contributed by atoms with Crippen molar-refractivity contribution in [2.75, 3.05) is 5.43 Å². The Labute approximate surface area is 95.7 Å². The standard InChI is InChI=1S/C13H17N3/c1-3-4-11-8-10-6-5-9(2)7-12(10)15-13(11)16-14/h5-8H,3-4,14H2,1-2H3,(H,15,16). The second kappa shape index (κ2) is 4.49. The number of benzene rings is 1. The van der Waals surface area contributed by atoms with Gasteiger partial charge in [0.1, 0.15) is 5.82 Å². The summed E-state index contributed by atoms with van der Waals surface area (Å²) in [5, 5.41) is 1.17. The maximum absolute atomic E-state index is 5.50. The lowest BCUT2D eigenvalue weighted by Crippen LogP contribution is -2.11. The first kappa shape index (κ1) is 10.9. The van der Waals surface area contributed by atoms with Crippen LogP contribution in [0, 0.1) is 6.92 Å². The summed E-state index contributed by atoms with van der Waals surface area (Å²) in [6.07, 6.45) is 2.09. The molecule has 0 radical (unpaired) electrons. The molecule has 16 heavy (non-hydrogen) atoms. The molecule has 3 heteroatoms. The van der Waals surface area contributed by atoms with Crippen LogP contribution in [0.2, 0.25) is 0 Å². The molecule has 0 atom stereocenters. The second-order valence-electron chi connectivity index (χ2n) is 4.09. The number of hydrazine groups is 1. The zero-order valence-electron chi connectivity index (χ0n) is 9.75. The fraction of sp³-hybridized carbons (Fsp3) is 0.308. The molecule has 0 saturated carbocycles. The fourth-order valence-corrected chi connectivity index (χ4v) is 1.91. The van der Waals surface area contributed by atoms with E-state index in [1.165, 1.54) is 16.5 Å². The molecule has 3 nitrogen and oxygen atoms in total. The molecule has 84 valence electrons. The topological polar surface area (TPSA) is 50.9 Å². The van der Waals surface area contributed by atoms with E-state index in [0.717, 1.165) is 24.2 Å². The van der Waals surface area contributed by atoms with Crippen LogP contribution in [0.15, 0.2) is 24.3 Å². The van der Waals surface area contributed by atoms with Crippen molar-refractivity contribution in [3.63, 3.8) is 0 Å². The molecule has 0 aliphatic heterocycles. The maximum atomic E-state index is 5.50. The number of rotatable bonds is 3. The summed E-state index contributed by atoms with van der Waals surface area (Å²) in [6, 6.07) is 8.46. The molecule has 0 aliphatic carbocycles. The van der Waals surface area contributed by atoms with Gasteiger partial charge in [-0.3, -0.25) is 0 Å². The summed E-state index contributed by atoms with van der Waals surface area (Å²) in [4.78, 5) is 4.54. The van der Waals surface area contributed by atoms with Crippen LogP contribution in [0.25, 0.3) is 10.9 Å². The summed E-state index contributed by atoms with van der Waals surface area (Å²) in [5.41, 5.74) is 6.07. The molecule has 0 aliphatic rings. The monoisotopic (exact) mass is 215 g/mol. The van der Waals surface area contributed by atoms with Crippen molar-refractivity contribution in [3.05, 3.63) is 35.4 Å². The van der Waals surface area contributed by atoms with Gasteiger partial charge in [-0.15, -0.1) is 0 Å². The van der Waals surface area contributed by atoms with Gasteiger partial charge in [-0.1, -0.05) is 25.5 Å². The first-order valence-corrected chi connectivity index (χ1v) is 5.61. The van der Waals surface area contributed by atoms with Crippen molar-refractivity contribution in [2.24, 2.45) is 5.84 Å². The van der Waals surface area contributed by atoms with Crippen molar-refractivity contribution < 1.29 is 0 Å². The third-order valence-corrected chi connectivity index (χ3v) is 2.71. The van der Waals surface area contributed by atoms with Crippen LogP contribution in [0.1, 0.15) is 24.5 Å². The third kappa shape index (κ3) is 1.99. The Kier molecular flexibility index (Phi) is 3.06. The van der Waals surface area contributed by atoms with Gasteiger partial charge in [0.15, 0.2) is 0 Å². The highest BCUT2D eigenvalue weighted by molar-refractivity contribution is 5.82. The average Bonchev–Trinajstić information content (AvgIpc) is 2.29. The molecular formula is C13H17N3. The number of nitrogen functional groups attached to an aromatic ring is 1. The Morgan fingerprint density at radius 1 is 1.31 bits per heavy atom. The van der Waals surface area contributed by atoms with Crippen molar-refractivity contribution in [1.82, 2.24) is 4.98 Å². The van der Waals surface area contributed by atoms with Crippen LogP contribution < -0.4 is 11.3 Å². The number of nitrogens with one attached hydrogen (secondary N) is 1. The van der Waals surface area contributed by atoms with E-state index in [-0.39, 0.29) is 0 Å². The summed E-state index contributed by atoms with van der Waals surface area (Å²) < 4.78 is 0. The molecule has 1 aromatic heterocycles. The van der Waals surface area contributed by atoms with Crippen molar-refractivity contribution >= 4 is 16.7 Å². The van der Waals surface area contributed by atoms with E-state index in [0.29, 0.717) is 0 Å². The van der Waals surface area contributed by atoms with Crippen molar-refractivity contribution in [3.8, 4) is 0 Å². The van der Waals surface area contributed by atoms with E-state index >= 15 is 0 Å². The van der Waals surface area contributed by atoms with Crippen LogP contribution in [0.5, 0.6) is 0 Å². The van der Waals surface area contributed by atoms with E-state index in [4.69, 9.17) is 5.84 Å². The SMILES string of the molecule is CCCc1cc2ccc(C)cc2nc1NN. The molecule has 0 amide bonds. The summed E-state index contributed by atoms with van der Waals surface area (Å²) >= 11 is 0. The van der Waals surface area contributed by atoms with E-state index in [9.17, 15) is 0 Å². The fourth-order valence-electron chi connectivity index (χ4n) is 1.91. The zero-order chi connectivity index (χ0) is 11.5. The second-order valence-corrected chi connectivity index (χ2v) is 4.09. The molecule has 0 fully saturated rings. The molecule has 2 aromatic rings. The highest BCUT2D eigenvalue weighted by Gasteiger charge is 2.05. The molecule has 0 unspecified atom stereocenters. The van der Waals surface area contributed by atoms with Crippen LogP contribution in [-0.4, -0.2) is 4.98 Å². The van der Waals surface area contributed by atoms with Crippen LogP contribution >= 0.6 is 0 Å². The molecule has 1 heterocycles. The minimum atomic E-state index is 0.792. The van der Waals surface area contributed by atoms with E-state index in [2.05, 4.69) is 48.5 Å². The summed E-state index contributed by atoms with van der Waals surface area (Å²) in [7, 11) is 0. The number of hydrogen-bond acceptors (Lipinski definition) is 3. The lowest BCUT2D eigenvalue weighted by atomic mass is 10.1. The van der Waals surface area contributed by atoms with Crippen molar-refractivity contribution in [1.29, 1.82) is 0 Å². The van der Waals surface area contributed by atoms with Gasteiger partial charge in [0.05, 0.1) is 5.52 Å². The number of aryl methyl sites for hydroxylation is 2. The average molecular weight is 215 g/mol. The first-order chi connectivity index (χ1) is 7.74. The number of fused-ring (bicyclic) bond motifs is 1. The molecule has 2 rings (SSSR count). The van der Waals surface area contributed by atoms with Gasteiger partial charge in [-0.25, -0.2) is 10.8 Å². The quantitative estimate of drug-likeness (QED) is 0.611.